The topological polar surface area (TPSA) is 88.0 Å². The van der Waals surface area contributed by atoms with Crippen LogP contribution in [0.1, 0.15) is 39.5 Å². The van der Waals surface area contributed by atoms with Gasteiger partial charge in [-0.2, -0.15) is 0 Å². The molecule has 0 aromatic carbocycles. The molecule has 2 aliphatic heterocycles. The van der Waals surface area contributed by atoms with Gasteiger partial charge < -0.3 is 15.2 Å². The van der Waals surface area contributed by atoms with Crippen LogP contribution in [-0.2, 0) is 14.3 Å². The van der Waals surface area contributed by atoms with E-state index in [1.165, 1.54) is 0 Å². The van der Waals surface area contributed by atoms with E-state index in [0.29, 0.717) is 13.0 Å². The number of hydrogen-bond donors (Lipinski definition) is 2. The third kappa shape index (κ3) is 2.05. The minimum atomic E-state index is -1.42. The zero-order valence-electron chi connectivity index (χ0n) is 13.9. The summed E-state index contributed by atoms with van der Waals surface area (Å²) in [5, 5.41) is 16.4. The number of aliphatic imine (C=N–C) groups is 1. The molecule has 0 saturated carbocycles. The summed E-state index contributed by atoms with van der Waals surface area (Å²) in [5.41, 5.74) is -3.94. The molecule has 2 fully saturated rings. The average Bonchev–Trinajstić information content (AvgIpc) is 2.73. The van der Waals surface area contributed by atoms with E-state index >= 15 is 0 Å². The second kappa shape index (κ2) is 5.76. The van der Waals surface area contributed by atoms with Gasteiger partial charge in [-0.15, -0.1) is 0 Å². The van der Waals surface area contributed by atoms with Gasteiger partial charge in [0.05, 0.1) is 17.6 Å². The van der Waals surface area contributed by atoms with E-state index in [9.17, 15) is 14.7 Å². The van der Waals surface area contributed by atoms with Crippen LogP contribution in [0.15, 0.2) is 17.1 Å². The molecule has 24 heavy (non-hydrogen) atoms. The molecule has 0 spiro atoms. The number of esters is 1. The number of carbonyl (C=O) groups is 2. The maximum absolute atomic E-state index is 12.6. The lowest BCUT2D eigenvalue weighted by Gasteiger charge is -2.59. The third-order valence-corrected chi connectivity index (χ3v) is 6.11. The largest absolute Gasteiger partial charge is 0.453 e. The molecule has 0 radical (unpaired) electrons. The second-order valence-corrected chi connectivity index (χ2v) is 7.35. The number of aliphatic hydroxyl groups is 1. The second-order valence-electron chi connectivity index (χ2n) is 7.16. The van der Waals surface area contributed by atoms with Crippen LogP contribution >= 0.6 is 12.2 Å². The van der Waals surface area contributed by atoms with Crippen LogP contribution in [0.2, 0.25) is 0 Å². The molecule has 0 bridgehead atoms. The summed E-state index contributed by atoms with van der Waals surface area (Å²) in [6.07, 6.45) is 7.02. The molecule has 2 saturated heterocycles. The number of allylic oxidation sites excluding steroid dienone is 1. The molecule has 0 unspecified atom stereocenters. The zero-order chi connectivity index (χ0) is 17.6. The molecule has 6 nitrogen and oxygen atoms in total. The summed E-state index contributed by atoms with van der Waals surface area (Å²) in [7, 11) is 0. The first-order chi connectivity index (χ1) is 11.3. The molecule has 1 aliphatic carbocycles. The first-order valence-corrected chi connectivity index (χ1v) is 8.70. The fourth-order valence-electron chi connectivity index (χ4n) is 4.57. The van der Waals surface area contributed by atoms with E-state index in [0.717, 1.165) is 19.3 Å². The number of hydrogen-bond acceptors (Lipinski definition) is 6. The van der Waals surface area contributed by atoms with Crippen LogP contribution in [0.4, 0.5) is 0 Å². The van der Waals surface area contributed by atoms with Crippen LogP contribution in [0.5, 0.6) is 0 Å². The van der Waals surface area contributed by atoms with Crippen molar-refractivity contribution < 1.29 is 19.4 Å². The number of amides is 1. The number of carbonyl (C=O) groups excluding carboxylic acids is 2. The summed E-state index contributed by atoms with van der Waals surface area (Å²) in [6.45, 7) is 3.68. The number of rotatable bonds is 5. The Labute approximate surface area is 146 Å². The van der Waals surface area contributed by atoms with Crippen LogP contribution < -0.4 is 5.32 Å². The molecular weight excluding hydrogens is 328 g/mol. The Kier molecular flexibility index (Phi) is 4.14. The van der Waals surface area contributed by atoms with Gasteiger partial charge in [-0.1, -0.05) is 12.2 Å². The summed E-state index contributed by atoms with van der Waals surface area (Å²) in [4.78, 5) is 28.9. The van der Waals surface area contributed by atoms with E-state index in [-0.39, 0.29) is 11.8 Å². The highest BCUT2D eigenvalue weighted by atomic mass is 32.1. The molecule has 7 heteroatoms. The number of ether oxygens (including phenoxy) is 1. The summed E-state index contributed by atoms with van der Waals surface area (Å²) in [5.74, 6) is -1.64. The van der Waals surface area contributed by atoms with Gasteiger partial charge in [0.25, 0.3) is 0 Å². The number of fused-ring (bicyclic) bond motifs is 1. The molecule has 3 rings (SSSR count). The van der Waals surface area contributed by atoms with Crippen molar-refractivity contribution >= 4 is 29.3 Å². The first kappa shape index (κ1) is 17.3. The minimum Gasteiger partial charge on any atom is -0.453 e. The minimum absolute atomic E-state index is 0.212. The molecule has 0 aromatic rings. The van der Waals surface area contributed by atoms with Gasteiger partial charge in [0.2, 0.25) is 11.4 Å². The number of nitrogens with one attached hydrogen (secondary N) is 1. The van der Waals surface area contributed by atoms with E-state index < -0.39 is 28.6 Å². The maximum Gasteiger partial charge on any atom is 0.339 e. The number of thiocarbonyl (C=S) groups is 1. The average molecular weight is 350 g/mol. The molecular formula is C17H22N2O4S. The van der Waals surface area contributed by atoms with Gasteiger partial charge in [0.1, 0.15) is 5.60 Å². The van der Waals surface area contributed by atoms with Crippen molar-refractivity contribution in [2.24, 2.45) is 16.8 Å². The van der Waals surface area contributed by atoms with Crippen LogP contribution in [0, 0.1) is 11.8 Å². The Morgan fingerprint density at radius 1 is 1.58 bits per heavy atom. The Balaban J connectivity index is 1.97. The van der Waals surface area contributed by atoms with Crippen molar-refractivity contribution in [3.05, 3.63) is 12.2 Å². The van der Waals surface area contributed by atoms with Crippen molar-refractivity contribution in [3.63, 3.8) is 0 Å². The highest BCUT2D eigenvalue weighted by Gasteiger charge is 2.82. The van der Waals surface area contributed by atoms with Gasteiger partial charge in [-0.05, 0) is 51.7 Å². The SMILES string of the molecule is C[C@](O)([C@@H]1C=CCCC1)[C@@]12NC(=O)[C@H](CCN=C=S)[C@]1(C)OC2=O. The number of nitrogens with zero attached hydrogens (tertiary/aromatic N) is 1. The van der Waals surface area contributed by atoms with E-state index in [1.807, 2.05) is 12.2 Å². The zero-order valence-corrected chi connectivity index (χ0v) is 14.7. The molecule has 1 amide bonds. The Morgan fingerprint density at radius 2 is 2.33 bits per heavy atom. The molecule has 0 aromatic heterocycles. The van der Waals surface area contributed by atoms with Crippen LogP contribution in [0.25, 0.3) is 0 Å². The van der Waals surface area contributed by atoms with E-state index in [4.69, 9.17) is 4.74 Å². The highest BCUT2D eigenvalue weighted by molar-refractivity contribution is 7.78. The van der Waals surface area contributed by atoms with Gasteiger partial charge in [0.15, 0.2) is 5.60 Å². The van der Waals surface area contributed by atoms with Gasteiger partial charge >= 0.3 is 5.97 Å². The lowest BCUT2D eigenvalue weighted by atomic mass is 9.58. The number of isothiocyanates is 1. The smallest absolute Gasteiger partial charge is 0.339 e. The third-order valence-electron chi connectivity index (χ3n) is 5.98. The van der Waals surface area contributed by atoms with E-state index in [1.54, 1.807) is 13.8 Å². The summed E-state index contributed by atoms with van der Waals surface area (Å²) in [6, 6.07) is 0. The predicted octanol–water partition coefficient (Wildman–Crippen LogP) is 1.39. The summed E-state index contributed by atoms with van der Waals surface area (Å²) >= 11 is 4.55. The fourth-order valence-corrected chi connectivity index (χ4v) is 4.66. The van der Waals surface area contributed by atoms with Gasteiger partial charge in [-0.3, -0.25) is 4.79 Å². The maximum atomic E-state index is 12.6. The molecule has 2 N–H and O–H groups in total. The van der Waals surface area contributed by atoms with Crippen LogP contribution in [-0.4, -0.2) is 45.4 Å². The Morgan fingerprint density at radius 3 is 2.92 bits per heavy atom. The summed E-state index contributed by atoms with van der Waals surface area (Å²) < 4.78 is 5.45. The van der Waals surface area contributed by atoms with Crippen molar-refractivity contribution in [3.8, 4) is 0 Å². The first-order valence-electron chi connectivity index (χ1n) is 8.29. The van der Waals surface area contributed by atoms with Gasteiger partial charge in [0, 0.05) is 5.92 Å². The van der Waals surface area contributed by atoms with E-state index in [2.05, 4.69) is 27.7 Å². The molecule has 130 valence electrons. The van der Waals surface area contributed by atoms with Crippen molar-refractivity contribution in [2.45, 2.75) is 56.3 Å². The standard InChI is InChI=1S/C17H22N2O4S/c1-15(22,11-6-4-3-5-7-11)17-14(21)23-16(17,2)12(13(20)19-17)8-9-18-10-24/h4,6,11-12,22H,3,5,7-9H2,1-2H3,(H,19,20)/t11-,12+,15+,16+,17-/m1/s1. The molecule has 2 heterocycles. The van der Waals surface area contributed by atoms with Crippen LogP contribution in [0.3, 0.4) is 0 Å². The predicted molar refractivity (Wildman–Crippen MR) is 90.5 cm³/mol. The quantitative estimate of drug-likeness (QED) is 0.339. The highest BCUT2D eigenvalue weighted by Crippen LogP contribution is 2.57. The normalized spacial score (nSPS) is 39.8. The lowest BCUT2D eigenvalue weighted by molar-refractivity contribution is -0.256. The Hall–Kier alpha value is -1.56. The van der Waals surface area contributed by atoms with Crippen molar-refractivity contribution in [2.75, 3.05) is 6.54 Å². The van der Waals surface area contributed by atoms with Crippen molar-refractivity contribution in [1.82, 2.24) is 5.32 Å². The fraction of sp³-hybridized carbons (Fsp3) is 0.706. The lowest BCUT2D eigenvalue weighted by Crippen LogP contribution is -2.84. The van der Waals surface area contributed by atoms with Gasteiger partial charge in [-0.25, -0.2) is 9.79 Å². The molecule has 5 atom stereocenters. The Bertz CT molecular complexity index is 655. The monoisotopic (exact) mass is 350 g/mol. The molecule has 3 aliphatic rings. The van der Waals surface area contributed by atoms with Crippen molar-refractivity contribution in [1.29, 1.82) is 0 Å².